The second-order valence-corrected chi connectivity index (χ2v) is 15.6. The molecule has 8 aromatic carbocycles. The van der Waals surface area contributed by atoms with Crippen LogP contribution in [-0.4, -0.2) is 11.3 Å². The zero-order chi connectivity index (χ0) is 36.7. The molecular formula is C50H32BN3OS. The van der Waals surface area contributed by atoms with Gasteiger partial charge in [-0.25, -0.2) is 0 Å². The molecule has 2 aliphatic heterocycles. The highest BCUT2D eigenvalue weighted by molar-refractivity contribution is 7.26. The molecule has 0 aliphatic carbocycles. The van der Waals surface area contributed by atoms with Gasteiger partial charge in [0.05, 0.1) is 21.4 Å². The van der Waals surface area contributed by atoms with Crippen molar-refractivity contribution in [2.24, 2.45) is 0 Å². The van der Waals surface area contributed by atoms with Gasteiger partial charge < -0.3 is 19.1 Å². The molecule has 10 aromatic rings. The van der Waals surface area contributed by atoms with Crippen LogP contribution in [-0.2, 0) is 0 Å². The second kappa shape index (κ2) is 12.3. The zero-order valence-corrected chi connectivity index (χ0v) is 31.0. The topological polar surface area (TPSA) is 20.6 Å². The lowest BCUT2D eigenvalue weighted by atomic mass is 9.34. The minimum Gasteiger partial charge on any atom is -0.458 e. The minimum absolute atomic E-state index is 0.0456. The van der Waals surface area contributed by atoms with E-state index in [4.69, 9.17) is 4.74 Å². The molecule has 0 radical (unpaired) electrons. The van der Waals surface area contributed by atoms with Crippen LogP contribution in [0.4, 0.5) is 34.1 Å². The largest absolute Gasteiger partial charge is 0.458 e. The monoisotopic (exact) mass is 733 g/mol. The number of nitrogens with zero attached hydrogens (tertiary/aromatic N) is 3. The number of thiophene rings is 1. The molecule has 0 amide bonds. The van der Waals surface area contributed by atoms with Gasteiger partial charge in [0, 0.05) is 55.7 Å². The fourth-order valence-electron chi connectivity index (χ4n) is 9.09. The van der Waals surface area contributed by atoms with Gasteiger partial charge in [0.1, 0.15) is 11.5 Å². The summed E-state index contributed by atoms with van der Waals surface area (Å²) in [5, 5.41) is 2.53. The Bertz CT molecular complexity index is 3050. The summed E-state index contributed by atoms with van der Waals surface area (Å²) >= 11 is 1.89. The summed E-state index contributed by atoms with van der Waals surface area (Å²) in [5.74, 6) is 1.81. The summed E-state index contributed by atoms with van der Waals surface area (Å²) in [6.07, 6.45) is 0. The van der Waals surface area contributed by atoms with Gasteiger partial charge in [0.15, 0.2) is 0 Å². The molecule has 0 fully saturated rings. The predicted molar refractivity (Wildman–Crippen MR) is 237 cm³/mol. The number of hydrogen-bond donors (Lipinski definition) is 0. The Hall–Kier alpha value is -7.02. The van der Waals surface area contributed by atoms with Crippen LogP contribution >= 0.6 is 11.3 Å². The lowest BCUT2D eigenvalue weighted by Gasteiger charge is -2.35. The van der Waals surface area contributed by atoms with Gasteiger partial charge in [-0.05, 0) is 95.3 Å². The first-order valence-corrected chi connectivity index (χ1v) is 19.9. The first kappa shape index (κ1) is 31.3. The first-order chi connectivity index (χ1) is 27.8. The maximum Gasteiger partial charge on any atom is 0.256 e. The van der Waals surface area contributed by atoms with Crippen LogP contribution < -0.4 is 30.9 Å². The average Bonchev–Trinajstić information content (AvgIpc) is 3.79. The van der Waals surface area contributed by atoms with Crippen LogP contribution in [0.5, 0.6) is 11.5 Å². The second-order valence-electron chi connectivity index (χ2n) is 14.5. The molecule has 56 heavy (non-hydrogen) atoms. The fourth-order valence-corrected chi connectivity index (χ4v) is 10.3. The summed E-state index contributed by atoms with van der Waals surface area (Å²) in [7, 11) is 0. The van der Waals surface area contributed by atoms with Crippen LogP contribution in [0, 0.1) is 0 Å². The Balaban J connectivity index is 1.14. The van der Waals surface area contributed by atoms with E-state index in [0.717, 1.165) is 51.3 Å². The number of fused-ring (bicyclic) bond motifs is 9. The zero-order valence-electron chi connectivity index (χ0n) is 30.2. The predicted octanol–water partition coefficient (Wildman–Crippen LogP) is 11.9. The average molecular weight is 734 g/mol. The number of benzene rings is 8. The van der Waals surface area contributed by atoms with Gasteiger partial charge in [-0.3, -0.25) is 0 Å². The van der Waals surface area contributed by atoms with Crippen molar-refractivity contribution < 1.29 is 4.74 Å². The Kier molecular flexibility index (Phi) is 6.86. The number of para-hydroxylation sites is 6. The number of hydrogen-bond acceptors (Lipinski definition) is 4. The molecule has 2 aromatic heterocycles. The Labute approximate surface area is 328 Å². The van der Waals surface area contributed by atoms with Crippen molar-refractivity contribution in [3.05, 3.63) is 194 Å². The van der Waals surface area contributed by atoms with Crippen LogP contribution in [0.3, 0.4) is 0 Å². The van der Waals surface area contributed by atoms with Crippen LogP contribution in [0.15, 0.2) is 194 Å². The van der Waals surface area contributed by atoms with E-state index < -0.39 is 0 Å². The van der Waals surface area contributed by atoms with Crippen molar-refractivity contribution in [2.75, 3.05) is 9.80 Å². The third-order valence-electron chi connectivity index (χ3n) is 11.4. The van der Waals surface area contributed by atoms with E-state index in [2.05, 4.69) is 208 Å². The van der Waals surface area contributed by atoms with E-state index >= 15 is 0 Å². The lowest BCUT2D eigenvalue weighted by molar-refractivity contribution is 0.487. The van der Waals surface area contributed by atoms with Crippen LogP contribution in [0.1, 0.15) is 0 Å². The van der Waals surface area contributed by atoms with Crippen molar-refractivity contribution in [2.45, 2.75) is 0 Å². The maximum atomic E-state index is 6.94. The Morgan fingerprint density at radius 1 is 0.429 bits per heavy atom. The Morgan fingerprint density at radius 3 is 1.64 bits per heavy atom. The van der Waals surface area contributed by atoms with Crippen molar-refractivity contribution >= 4 is 99.8 Å². The smallest absolute Gasteiger partial charge is 0.256 e. The maximum absolute atomic E-state index is 6.94. The van der Waals surface area contributed by atoms with Gasteiger partial charge in [-0.2, -0.15) is 0 Å². The normalized spacial score (nSPS) is 12.4. The summed E-state index contributed by atoms with van der Waals surface area (Å²) in [6.45, 7) is 0.0456. The third kappa shape index (κ3) is 4.60. The molecule has 4 heterocycles. The van der Waals surface area contributed by atoms with Crippen molar-refractivity contribution in [3.63, 3.8) is 0 Å². The van der Waals surface area contributed by atoms with Gasteiger partial charge in [-0.1, -0.05) is 109 Å². The fraction of sp³-hybridized carbons (Fsp3) is 0. The molecule has 0 N–H and O–H groups in total. The van der Waals surface area contributed by atoms with Gasteiger partial charge in [0.25, 0.3) is 6.71 Å². The molecule has 0 saturated heterocycles. The van der Waals surface area contributed by atoms with Crippen molar-refractivity contribution in [1.29, 1.82) is 0 Å². The number of aromatic nitrogens is 1. The van der Waals surface area contributed by atoms with E-state index in [1.54, 1.807) is 0 Å². The van der Waals surface area contributed by atoms with Crippen molar-refractivity contribution in [1.82, 2.24) is 4.57 Å². The SMILES string of the molecule is c1ccc(N(c2ccccc2)c2cc3c4c(c2)-n2c5c(cccc5c5sc6cc(N(c7ccccc7)c7ccccc7)ccc6c52)B4c2ccccc2O3)cc1. The van der Waals surface area contributed by atoms with E-state index in [9.17, 15) is 0 Å². The molecule has 12 rings (SSSR count). The van der Waals surface area contributed by atoms with Crippen LogP contribution in [0.2, 0.25) is 0 Å². The summed E-state index contributed by atoms with van der Waals surface area (Å²) in [4.78, 5) is 4.69. The Morgan fingerprint density at radius 2 is 1.00 bits per heavy atom. The highest BCUT2D eigenvalue weighted by Gasteiger charge is 2.41. The van der Waals surface area contributed by atoms with E-state index in [0.29, 0.717) is 0 Å². The van der Waals surface area contributed by atoms with Gasteiger partial charge >= 0.3 is 0 Å². The molecule has 262 valence electrons. The summed E-state index contributed by atoms with van der Waals surface area (Å²) in [6, 6.07) is 69.6. The number of anilines is 6. The highest BCUT2D eigenvalue weighted by Crippen LogP contribution is 2.47. The molecule has 2 aliphatic rings. The molecule has 0 saturated carbocycles. The van der Waals surface area contributed by atoms with Crippen LogP contribution in [0.25, 0.3) is 36.9 Å². The first-order valence-electron chi connectivity index (χ1n) is 19.1. The summed E-state index contributed by atoms with van der Waals surface area (Å²) in [5.41, 5.74) is 14.0. The standard InChI is InChI=1S/C50H32BN3OS/c1-5-16-33(17-6-1)52(34-18-7-2-8-19-34)37-28-29-39-46(32-37)56-50-40-24-15-26-42-48(40)54(49(39)50)43-30-38(31-45-47(43)51(42)41-25-13-14-27-44(41)55-45)53(35-20-9-3-10-21-35)36-22-11-4-12-23-36/h1-32H. The van der Waals surface area contributed by atoms with Gasteiger partial charge in [-0.15, -0.1) is 11.3 Å². The molecule has 0 unspecified atom stereocenters. The molecule has 0 spiro atoms. The number of ether oxygens (including phenoxy) is 1. The minimum atomic E-state index is 0.0456. The third-order valence-corrected chi connectivity index (χ3v) is 12.6. The molecule has 6 heteroatoms. The molecule has 0 bridgehead atoms. The number of rotatable bonds is 6. The van der Waals surface area contributed by atoms with E-state index in [1.165, 1.54) is 47.6 Å². The highest BCUT2D eigenvalue weighted by atomic mass is 32.1. The van der Waals surface area contributed by atoms with E-state index in [1.807, 2.05) is 11.3 Å². The van der Waals surface area contributed by atoms with Gasteiger partial charge in [0.2, 0.25) is 0 Å². The summed E-state index contributed by atoms with van der Waals surface area (Å²) < 4.78 is 12.0. The molecule has 4 nitrogen and oxygen atoms in total. The van der Waals surface area contributed by atoms with Crippen molar-refractivity contribution in [3.8, 4) is 17.2 Å². The van der Waals surface area contributed by atoms with E-state index in [-0.39, 0.29) is 6.71 Å². The lowest BCUT2D eigenvalue weighted by Crippen LogP contribution is -2.58. The molecular weight excluding hydrogens is 701 g/mol. The molecule has 0 atom stereocenters. The quantitative estimate of drug-likeness (QED) is 0.159.